The highest BCUT2D eigenvalue weighted by molar-refractivity contribution is 9.10. The van der Waals surface area contributed by atoms with Gasteiger partial charge >= 0.3 is 6.09 Å². The zero-order valence-electron chi connectivity index (χ0n) is 17.0. The van der Waals surface area contributed by atoms with Crippen LogP contribution in [0.4, 0.5) is 10.6 Å². The van der Waals surface area contributed by atoms with Crippen LogP contribution in [0.1, 0.15) is 19.3 Å². The Bertz CT molecular complexity index is 1190. The second-order valence-electron chi connectivity index (χ2n) is 7.74. The summed E-state index contributed by atoms with van der Waals surface area (Å²) in [7, 11) is 0. The second kappa shape index (κ2) is 8.66. The number of carbonyl (C=O) groups is 1. The van der Waals surface area contributed by atoms with Gasteiger partial charge in [-0.3, -0.25) is 0 Å². The summed E-state index contributed by atoms with van der Waals surface area (Å²) in [5.74, 6) is 2.00. The Hall–Kier alpha value is -2.73. The SMILES string of the molecule is Nc1ncnc2c1nc(Sc1cc3c(cc1Br)OCO3)n2CC[C@H]1CCCN(C(=O)O)C1. The van der Waals surface area contributed by atoms with Gasteiger partial charge in [0.15, 0.2) is 33.6 Å². The summed E-state index contributed by atoms with van der Waals surface area (Å²) < 4.78 is 13.9. The summed E-state index contributed by atoms with van der Waals surface area (Å²) >= 11 is 5.08. The highest BCUT2D eigenvalue weighted by Crippen LogP contribution is 2.43. The van der Waals surface area contributed by atoms with Crippen LogP contribution in [0, 0.1) is 5.92 Å². The van der Waals surface area contributed by atoms with Gasteiger partial charge < -0.3 is 29.8 Å². The molecule has 1 aromatic carbocycles. The Morgan fingerprint density at radius 3 is 2.94 bits per heavy atom. The van der Waals surface area contributed by atoms with Gasteiger partial charge in [-0.15, -0.1) is 0 Å². The molecule has 0 radical (unpaired) electrons. The molecule has 2 aliphatic heterocycles. The number of hydrogen-bond donors (Lipinski definition) is 2. The number of ether oxygens (including phenoxy) is 2. The zero-order valence-corrected chi connectivity index (χ0v) is 19.4. The van der Waals surface area contributed by atoms with Gasteiger partial charge in [0.1, 0.15) is 6.33 Å². The van der Waals surface area contributed by atoms with Gasteiger partial charge in [0.2, 0.25) is 6.79 Å². The Morgan fingerprint density at radius 1 is 1.31 bits per heavy atom. The summed E-state index contributed by atoms with van der Waals surface area (Å²) in [5.41, 5.74) is 7.30. The molecule has 1 fully saturated rings. The number of nitrogens with two attached hydrogens (primary N) is 1. The number of amides is 1. The van der Waals surface area contributed by atoms with Crippen LogP contribution in [0.25, 0.3) is 11.2 Å². The monoisotopic (exact) mass is 520 g/mol. The van der Waals surface area contributed by atoms with Crippen molar-refractivity contribution in [1.29, 1.82) is 0 Å². The van der Waals surface area contributed by atoms with Gasteiger partial charge in [0.05, 0.1) is 0 Å². The molecule has 3 aromatic rings. The summed E-state index contributed by atoms with van der Waals surface area (Å²) in [4.78, 5) is 27.0. The molecule has 10 nitrogen and oxygen atoms in total. The predicted molar refractivity (Wildman–Crippen MR) is 121 cm³/mol. The number of halogens is 1. The fourth-order valence-corrected chi connectivity index (χ4v) is 5.58. The van der Waals surface area contributed by atoms with E-state index < -0.39 is 6.09 Å². The lowest BCUT2D eigenvalue weighted by molar-refractivity contribution is 0.117. The quantitative estimate of drug-likeness (QED) is 0.515. The minimum atomic E-state index is -0.854. The zero-order chi connectivity index (χ0) is 22.2. The maximum atomic E-state index is 11.4. The van der Waals surface area contributed by atoms with E-state index in [1.165, 1.54) is 23.0 Å². The molecule has 4 heterocycles. The molecule has 0 spiro atoms. The number of fused-ring (bicyclic) bond motifs is 2. The largest absolute Gasteiger partial charge is 0.465 e. The number of aromatic nitrogens is 4. The number of hydrogen-bond acceptors (Lipinski definition) is 8. The molecule has 5 rings (SSSR count). The molecular weight excluding hydrogens is 500 g/mol. The highest BCUT2D eigenvalue weighted by Gasteiger charge is 2.25. The van der Waals surface area contributed by atoms with Crippen molar-refractivity contribution in [3.8, 4) is 11.5 Å². The predicted octanol–water partition coefficient (Wildman–Crippen LogP) is 3.83. The van der Waals surface area contributed by atoms with Gasteiger partial charge in [0, 0.05) is 29.0 Å². The van der Waals surface area contributed by atoms with Crippen LogP contribution in [0.15, 0.2) is 33.0 Å². The first-order valence-electron chi connectivity index (χ1n) is 10.2. The van der Waals surface area contributed by atoms with Crippen molar-refractivity contribution in [2.75, 3.05) is 25.6 Å². The van der Waals surface area contributed by atoms with Gasteiger partial charge in [0.25, 0.3) is 0 Å². The molecule has 0 saturated carbocycles. The number of anilines is 1. The number of rotatable bonds is 5. The van der Waals surface area contributed by atoms with E-state index in [0.29, 0.717) is 48.1 Å². The molecule has 2 aromatic heterocycles. The molecule has 2 aliphatic rings. The van der Waals surface area contributed by atoms with E-state index in [2.05, 4.69) is 25.9 Å². The van der Waals surface area contributed by atoms with E-state index in [4.69, 9.17) is 20.2 Å². The van der Waals surface area contributed by atoms with Crippen molar-refractivity contribution in [2.45, 2.75) is 35.9 Å². The van der Waals surface area contributed by atoms with Crippen molar-refractivity contribution in [3.63, 3.8) is 0 Å². The molecule has 1 saturated heterocycles. The van der Waals surface area contributed by atoms with E-state index in [0.717, 1.165) is 33.8 Å². The lowest BCUT2D eigenvalue weighted by Gasteiger charge is -2.30. The third-order valence-corrected chi connectivity index (χ3v) is 7.67. The van der Waals surface area contributed by atoms with Crippen molar-refractivity contribution >= 4 is 50.8 Å². The van der Waals surface area contributed by atoms with E-state index in [9.17, 15) is 9.90 Å². The number of imidazole rings is 1. The first-order chi connectivity index (χ1) is 15.5. The van der Waals surface area contributed by atoms with Crippen LogP contribution in [0.2, 0.25) is 0 Å². The molecule has 0 bridgehead atoms. The third-order valence-electron chi connectivity index (χ3n) is 5.70. The Morgan fingerprint density at radius 2 is 2.12 bits per heavy atom. The normalized spacial score (nSPS) is 17.8. The second-order valence-corrected chi connectivity index (χ2v) is 9.60. The summed E-state index contributed by atoms with van der Waals surface area (Å²) in [5, 5.41) is 10.1. The van der Waals surface area contributed by atoms with E-state index in [-0.39, 0.29) is 12.7 Å². The van der Waals surface area contributed by atoms with Crippen LogP contribution in [-0.4, -0.2) is 55.5 Å². The standard InChI is InChI=1S/C20H21BrN6O4S/c21-12-6-13-14(31-10-30-13)7-15(12)32-19-25-16-17(22)23-9-24-18(16)27(19)5-3-11-2-1-4-26(8-11)20(28)29/h6-7,9,11H,1-5,8,10H2,(H,28,29)(H2,22,23,24)/t11-/m1/s1. The van der Waals surface area contributed by atoms with Crippen molar-refractivity contribution < 1.29 is 19.4 Å². The molecule has 0 aliphatic carbocycles. The van der Waals surface area contributed by atoms with E-state index >= 15 is 0 Å². The van der Waals surface area contributed by atoms with Crippen molar-refractivity contribution in [2.24, 2.45) is 5.92 Å². The molecule has 0 unspecified atom stereocenters. The number of benzene rings is 1. The molecular formula is C20H21BrN6O4S. The molecule has 1 atom stereocenters. The number of likely N-dealkylation sites (tertiary alicyclic amines) is 1. The van der Waals surface area contributed by atoms with Crippen LogP contribution in [-0.2, 0) is 6.54 Å². The number of nitrogens with zero attached hydrogens (tertiary/aromatic N) is 5. The molecule has 1 amide bonds. The average Bonchev–Trinajstić information content (AvgIpc) is 3.37. The molecule has 12 heteroatoms. The topological polar surface area (TPSA) is 129 Å². The maximum absolute atomic E-state index is 11.4. The van der Waals surface area contributed by atoms with Crippen molar-refractivity contribution in [3.05, 3.63) is 22.9 Å². The lowest BCUT2D eigenvalue weighted by Crippen LogP contribution is -2.39. The Kier molecular flexibility index (Phi) is 5.72. The van der Waals surface area contributed by atoms with E-state index in [1.54, 1.807) is 0 Å². The van der Waals surface area contributed by atoms with Crippen LogP contribution < -0.4 is 15.2 Å². The summed E-state index contributed by atoms with van der Waals surface area (Å²) in [6.07, 6.45) is 3.28. The van der Waals surface area contributed by atoms with Gasteiger partial charge in [-0.05, 0) is 53.2 Å². The van der Waals surface area contributed by atoms with E-state index in [1.807, 2.05) is 16.7 Å². The van der Waals surface area contributed by atoms with Gasteiger partial charge in [-0.2, -0.15) is 0 Å². The van der Waals surface area contributed by atoms with Crippen LogP contribution in [0.3, 0.4) is 0 Å². The number of nitrogen functional groups attached to an aromatic ring is 1. The molecule has 168 valence electrons. The Labute approximate surface area is 196 Å². The summed E-state index contributed by atoms with van der Waals surface area (Å²) in [6, 6.07) is 3.80. The first kappa shape index (κ1) is 21.1. The lowest BCUT2D eigenvalue weighted by atomic mass is 9.95. The fourth-order valence-electron chi connectivity index (χ4n) is 4.07. The molecule has 32 heavy (non-hydrogen) atoms. The third kappa shape index (κ3) is 4.04. The average molecular weight is 521 g/mol. The Balaban J connectivity index is 1.44. The number of aryl methyl sites for hydroxylation is 1. The molecule has 3 N–H and O–H groups in total. The first-order valence-corrected chi connectivity index (χ1v) is 11.8. The summed E-state index contributed by atoms with van der Waals surface area (Å²) in [6.45, 7) is 2.00. The van der Waals surface area contributed by atoms with Gasteiger partial charge in [-0.25, -0.2) is 19.7 Å². The maximum Gasteiger partial charge on any atom is 0.407 e. The van der Waals surface area contributed by atoms with Gasteiger partial charge in [-0.1, -0.05) is 11.8 Å². The fraction of sp³-hybridized carbons (Fsp3) is 0.400. The smallest absolute Gasteiger partial charge is 0.407 e. The number of carboxylic acid groups (broad SMARTS) is 1. The van der Waals surface area contributed by atoms with Crippen molar-refractivity contribution in [1.82, 2.24) is 24.4 Å². The highest BCUT2D eigenvalue weighted by atomic mass is 79.9. The minimum Gasteiger partial charge on any atom is -0.465 e. The number of piperidine rings is 1. The minimum absolute atomic E-state index is 0.204. The van der Waals surface area contributed by atoms with Crippen LogP contribution >= 0.6 is 27.7 Å². The van der Waals surface area contributed by atoms with Crippen LogP contribution in [0.5, 0.6) is 11.5 Å².